The molecule has 0 saturated heterocycles. The summed E-state index contributed by atoms with van der Waals surface area (Å²) < 4.78 is 12.5. The number of hydrogen-bond acceptors (Lipinski definition) is 6. The van der Waals surface area contributed by atoms with Crippen molar-refractivity contribution in [3.8, 4) is 11.5 Å². The van der Waals surface area contributed by atoms with Crippen molar-refractivity contribution >= 4 is 5.91 Å². The van der Waals surface area contributed by atoms with E-state index in [0.717, 1.165) is 42.3 Å². The number of benzene rings is 1. The van der Waals surface area contributed by atoms with Gasteiger partial charge in [-0.2, -0.15) is 5.10 Å². The van der Waals surface area contributed by atoms with E-state index >= 15 is 0 Å². The second-order valence-corrected chi connectivity index (χ2v) is 6.39. The summed E-state index contributed by atoms with van der Waals surface area (Å²) in [5.41, 5.74) is 0.981. The first-order chi connectivity index (χ1) is 12.2. The Kier molecular flexibility index (Phi) is 4.27. The molecular weight excluding hydrogens is 322 g/mol. The lowest BCUT2D eigenvalue weighted by atomic mass is 10.1. The zero-order valence-corrected chi connectivity index (χ0v) is 14.1. The van der Waals surface area contributed by atoms with Crippen LogP contribution in [0.15, 0.2) is 24.5 Å². The Morgan fingerprint density at radius 3 is 3.20 bits per heavy atom. The second-order valence-electron chi connectivity index (χ2n) is 6.39. The van der Waals surface area contributed by atoms with Crippen molar-refractivity contribution in [2.45, 2.75) is 44.9 Å². The molecule has 0 saturated carbocycles. The van der Waals surface area contributed by atoms with E-state index in [1.54, 1.807) is 6.33 Å². The predicted molar refractivity (Wildman–Crippen MR) is 89.1 cm³/mol. The quantitative estimate of drug-likeness (QED) is 0.827. The zero-order chi connectivity index (χ0) is 17.2. The molecule has 2 unspecified atom stereocenters. The first-order valence-electron chi connectivity index (χ1n) is 8.48. The van der Waals surface area contributed by atoms with Crippen LogP contribution >= 0.6 is 0 Å². The molecule has 132 valence electrons. The number of carbonyl (C=O) groups is 1. The Bertz CT molecular complexity index is 775. The molecule has 2 aliphatic heterocycles. The highest BCUT2D eigenvalue weighted by Gasteiger charge is 2.23. The summed E-state index contributed by atoms with van der Waals surface area (Å²) in [5.74, 6) is 2.46. The van der Waals surface area contributed by atoms with Crippen LogP contribution in [0.5, 0.6) is 11.5 Å². The summed E-state index contributed by atoms with van der Waals surface area (Å²) in [6.45, 7) is 3.33. The summed E-state index contributed by atoms with van der Waals surface area (Å²) >= 11 is 0. The summed E-state index contributed by atoms with van der Waals surface area (Å²) in [7, 11) is 0. The lowest BCUT2D eigenvalue weighted by Gasteiger charge is -2.26. The lowest BCUT2D eigenvalue weighted by molar-refractivity contribution is -0.123. The maximum atomic E-state index is 12.4. The molecule has 4 rings (SSSR count). The molecule has 2 aliphatic rings. The van der Waals surface area contributed by atoms with Gasteiger partial charge < -0.3 is 20.1 Å². The van der Waals surface area contributed by atoms with E-state index in [1.165, 1.54) is 0 Å². The molecular formula is C17H21N5O3. The Morgan fingerprint density at radius 2 is 2.28 bits per heavy atom. The number of amides is 1. The molecule has 3 heterocycles. The van der Waals surface area contributed by atoms with Crippen molar-refractivity contribution < 1.29 is 14.3 Å². The molecule has 8 nitrogen and oxygen atoms in total. The Balaban J connectivity index is 1.28. The minimum absolute atomic E-state index is 0.0259. The van der Waals surface area contributed by atoms with Crippen LogP contribution in [0.1, 0.15) is 24.7 Å². The van der Waals surface area contributed by atoms with Gasteiger partial charge in [0.05, 0.1) is 12.6 Å². The van der Waals surface area contributed by atoms with Crippen LogP contribution in [0, 0.1) is 0 Å². The van der Waals surface area contributed by atoms with Crippen LogP contribution in [-0.4, -0.2) is 39.5 Å². The highest BCUT2D eigenvalue weighted by atomic mass is 16.7. The second kappa shape index (κ2) is 6.72. The Labute approximate surface area is 145 Å². The fourth-order valence-corrected chi connectivity index (χ4v) is 3.20. The van der Waals surface area contributed by atoms with Crippen LogP contribution in [-0.2, 0) is 24.3 Å². The molecule has 2 N–H and O–H groups in total. The summed E-state index contributed by atoms with van der Waals surface area (Å²) in [4.78, 5) is 16.6. The van der Waals surface area contributed by atoms with Crippen LogP contribution in [0.2, 0.25) is 0 Å². The van der Waals surface area contributed by atoms with E-state index in [-0.39, 0.29) is 24.8 Å². The molecule has 8 heteroatoms. The van der Waals surface area contributed by atoms with Crippen molar-refractivity contribution in [3.63, 3.8) is 0 Å². The highest BCUT2D eigenvalue weighted by Crippen LogP contribution is 2.32. The van der Waals surface area contributed by atoms with Crippen LogP contribution in [0.4, 0.5) is 0 Å². The van der Waals surface area contributed by atoms with Gasteiger partial charge in [0, 0.05) is 19.0 Å². The lowest BCUT2D eigenvalue weighted by Crippen LogP contribution is -2.49. The fraction of sp³-hybridized carbons (Fsp3) is 0.471. The largest absolute Gasteiger partial charge is 0.454 e. The molecule has 0 bridgehead atoms. The topological polar surface area (TPSA) is 90.3 Å². The number of nitrogens with zero attached hydrogens (tertiary/aromatic N) is 3. The van der Waals surface area contributed by atoms with Crippen molar-refractivity contribution in [2.75, 3.05) is 6.79 Å². The SMILES string of the molecule is CC(NC1CCc2ncnn2C1)C(=O)NCc1ccc2c(c1)OCO2. The standard InChI is InChI=1S/C17H21N5O3/c1-11(21-13-3-5-16-19-9-20-22(16)8-13)17(23)18-7-12-2-4-14-15(6-12)25-10-24-14/h2,4,6,9,11,13,21H,3,5,7-8,10H2,1H3,(H,18,23). The average Bonchev–Trinajstić information content (AvgIpc) is 3.27. The van der Waals surface area contributed by atoms with Gasteiger partial charge in [-0.1, -0.05) is 6.07 Å². The van der Waals surface area contributed by atoms with Gasteiger partial charge in [0.15, 0.2) is 11.5 Å². The smallest absolute Gasteiger partial charge is 0.237 e. The normalized spacial score (nSPS) is 19.3. The number of ether oxygens (including phenoxy) is 2. The Hall–Kier alpha value is -2.61. The van der Waals surface area contributed by atoms with E-state index < -0.39 is 0 Å². The number of aromatic nitrogens is 3. The first-order valence-corrected chi connectivity index (χ1v) is 8.48. The van der Waals surface area contributed by atoms with E-state index in [1.807, 2.05) is 29.8 Å². The van der Waals surface area contributed by atoms with Gasteiger partial charge in [-0.25, -0.2) is 9.67 Å². The molecule has 1 aromatic heterocycles. The van der Waals surface area contributed by atoms with Crippen molar-refractivity contribution in [3.05, 3.63) is 35.9 Å². The van der Waals surface area contributed by atoms with Crippen molar-refractivity contribution in [1.82, 2.24) is 25.4 Å². The highest BCUT2D eigenvalue weighted by molar-refractivity contribution is 5.81. The molecule has 25 heavy (non-hydrogen) atoms. The molecule has 0 radical (unpaired) electrons. The van der Waals surface area contributed by atoms with Gasteiger partial charge in [0.1, 0.15) is 12.2 Å². The first kappa shape index (κ1) is 15.9. The molecule has 0 fully saturated rings. The third kappa shape index (κ3) is 3.43. The summed E-state index contributed by atoms with van der Waals surface area (Å²) in [5, 5.41) is 10.5. The van der Waals surface area contributed by atoms with E-state index in [2.05, 4.69) is 20.7 Å². The molecule has 2 aromatic rings. The molecule has 1 aromatic carbocycles. The zero-order valence-electron chi connectivity index (χ0n) is 14.1. The Morgan fingerprint density at radius 1 is 1.40 bits per heavy atom. The summed E-state index contributed by atoms with van der Waals surface area (Å²) in [6, 6.07) is 5.64. The predicted octanol–water partition coefficient (Wildman–Crippen LogP) is 0.616. The third-order valence-corrected chi connectivity index (χ3v) is 4.59. The number of carbonyl (C=O) groups excluding carboxylic acids is 1. The minimum atomic E-state index is -0.274. The monoisotopic (exact) mass is 343 g/mol. The van der Waals surface area contributed by atoms with Crippen LogP contribution < -0.4 is 20.1 Å². The molecule has 0 aliphatic carbocycles. The van der Waals surface area contributed by atoms with Gasteiger partial charge >= 0.3 is 0 Å². The number of nitrogens with one attached hydrogen (secondary N) is 2. The van der Waals surface area contributed by atoms with E-state index in [0.29, 0.717) is 6.54 Å². The maximum absolute atomic E-state index is 12.4. The number of aryl methyl sites for hydroxylation is 1. The molecule has 2 atom stereocenters. The summed E-state index contributed by atoms with van der Waals surface area (Å²) in [6.07, 6.45) is 3.42. The van der Waals surface area contributed by atoms with Crippen LogP contribution in [0.25, 0.3) is 0 Å². The molecule has 0 spiro atoms. The van der Waals surface area contributed by atoms with Crippen LogP contribution in [0.3, 0.4) is 0 Å². The fourth-order valence-electron chi connectivity index (χ4n) is 3.20. The van der Waals surface area contributed by atoms with Crippen molar-refractivity contribution in [2.24, 2.45) is 0 Å². The van der Waals surface area contributed by atoms with Gasteiger partial charge in [0.2, 0.25) is 12.7 Å². The maximum Gasteiger partial charge on any atom is 0.237 e. The van der Waals surface area contributed by atoms with Crippen molar-refractivity contribution in [1.29, 1.82) is 0 Å². The van der Waals surface area contributed by atoms with Gasteiger partial charge in [-0.3, -0.25) is 4.79 Å². The third-order valence-electron chi connectivity index (χ3n) is 4.59. The van der Waals surface area contributed by atoms with Gasteiger partial charge in [-0.15, -0.1) is 0 Å². The van der Waals surface area contributed by atoms with Gasteiger partial charge in [-0.05, 0) is 31.0 Å². The van der Waals surface area contributed by atoms with E-state index in [9.17, 15) is 4.79 Å². The number of rotatable bonds is 5. The minimum Gasteiger partial charge on any atom is -0.454 e. The number of hydrogen-bond donors (Lipinski definition) is 2. The molecule has 1 amide bonds. The average molecular weight is 343 g/mol. The van der Waals surface area contributed by atoms with E-state index in [4.69, 9.17) is 9.47 Å². The van der Waals surface area contributed by atoms with Gasteiger partial charge in [0.25, 0.3) is 0 Å². The number of fused-ring (bicyclic) bond motifs is 2.